The minimum absolute atomic E-state index is 0.0440. The van der Waals surface area contributed by atoms with E-state index in [1.807, 2.05) is 63.5 Å². The highest BCUT2D eigenvalue weighted by atomic mass is 16.2. The van der Waals surface area contributed by atoms with E-state index in [-0.39, 0.29) is 29.4 Å². The second-order valence-corrected chi connectivity index (χ2v) is 9.87. The Hall–Kier alpha value is -3.56. The fourth-order valence-electron chi connectivity index (χ4n) is 4.90. The summed E-state index contributed by atoms with van der Waals surface area (Å²) in [6.45, 7) is 6.81. The zero-order chi connectivity index (χ0) is 24.1. The largest absolute Gasteiger partial charge is 0.350 e. The number of likely N-dealkylation sites (tertiary alicyclic amines) is 1. The van der Waals surface area contributed by atoms with Gasteiger partial charge in [0, 0.05) is 42.3 Å². The van der Waals surface area contributed by atoms with Crippen molar-refractivity contribution in [1.29, 1.82) is 5.26 Å². The highest BCUT2D eigenvalue weighted by Crippen LogP contribution is 2.43. The maximum atomic E-state index is 13.4. The molecule has 0 radical (unpaired) electrons. The fraction of sp³-hybridized carbons (Fsp3) is 0.357. The summed E-state index contributed by atoms with van der Waals surface area (Å²) >= 11 is 0. The number of rotatable bonds is 6. The van der Waals surface area contributed by atoms with Crippen LogP contribution in [-0.4, -0.2) is 38.9 Å². The maximum Gasteiger partial charge on any atom is 0.237 e. The number of aromatic nitrogens is 2. The van der Waals surface area contributed by atoms with Crippen LogP contribution in [0.2, 0.25) is 0 Å². The van der Waals surface area contributed by atoms with Crippen molar-refractivity contribution in [2.24, 2.45) is 0 Å². The number of nitrogens with one attached hydrogen (secondary N) is 1. The molecule has 2 atom stereocenters. The third kappa shape index (κ3) is 5.32. The molecule has 1 aliphatic heterocycles. The van der Waals surface area contributed by atoms with Crippen LogP contribution in [0.1, 0.15) is 67.8 Å². The Morgan fingerprint density at radius 2 is 1.71 bits per heavy atom. The van der Waals surface area contributed by atoms with E-state index in [1.165, 1.54) is 0 Å². The highest BCUT2D eigenvalue weighted by molar-refractivity contribution is 5.82. The van der Waals surface area contributed by atoms with Gasteiger partial charge in [0.2, 0.25) is 5.91 Å². The van der Waals surface area contributed by atoms with Gasteiger partial charge < -0.3 is 5.32 Å². The van der Waals surface area contributed by atoms with E-state index in [0.717, 1.165) is 36.1 Å². The van der Waals surface area contributed by atoms with Gasteiger partial charge in [-0.15, -0.1) is 0 Å². The molecule has 0 aliphatic carbocycles. The van der Waals surface area contributed by atoms with Gasteiger partial charge in [0.25, 0.3) is 0 Å². The van der Waals surface area contributed by atoms with Crippen molar-refractivity contribution in [1.82, 2.24) is 20.2 Å². The van der Waals surface area contributed by atoms with Crippen LogP contribution in [0.25, 0.3) is 0 Å². The lowest BCUT2D eigenvalue weighted by Gasteiger charge is -2.39. The molecule has 0 spiro atoms. The van der Waals surface area contributed by atoms with E-state index in [0.29, 0.717) is 5.56 Å². The first-order valence-electron chi connectivity index (χ1n) is 11.7. The molecule has 34 heavy (non-hydrogen) atoms. The third-order valence-electron chi connectivity index (χ3n) is 6.21. The summed E-state index contributed by atoms with van der Waals surface area (Å²) < 4.78 is 0. The Labute approximate surface area is 201 Å². The molecule has 0 bridgehead atoms. The van der Waals surface area contributed by atoms with E-state index in [4.69, 9.17) is 0 Å². The van der Waals surface area contributed by atoms with Crippen molar-refractivity contribution >= 4 is 5.91 Å². The summed E-state index contributed by atoms with van der Waals surface area (Å²) in [5, 5.41) is 12.8. The van der Waals surface area contributed by atoms with Crippen LogP contribution in [-0.2, 0) is 4.79 Å². The van der Waals surface area contributed by atoms with E-state index >= 15 is 0 Å². The van der Waals surface area contributed by atoms with Gasteiger partial charge in [0.05, 0.1) is 17.7 Å². The van der Waals surface area contributed by atoms with E-state index < -0.39 is 0 Å². The number of nitriles is 1. The lowest BCUT2D eigenvalue weighted by Crippen LogP contribution is -2.51. The normalized spacial score (nSPS) is 17.3. The number of hydrogen-bond donors (Lipinski definition) is 1. The summed E-state index contributed by atoms with van der Waals surface area (Å²) in [5.74, 6) is -0.0676. The zero-order valence-corrected chi connectivity index (χ0v) is 20.0. The predicted octanol–water partition coefficient (Wildman–Crippen LogP) is 4.60. The Balaban J connectivity index is 1.86. The number of pyridine rings is 2. The van der Waals surface area contributed by atoms with Crippen molar-refractivity contribution in [3.63, 3.8) is 0 Å². The highest BCUT2D eigenvalue weighted by Gasteiger charge is 2.41. The molecule has 1 aliphatic rings. The predicted molar refractivity (Wildman–Crippen MR) is 132 cm³/mol. The Bertz CT molecular complexity index is 1110. The summed E-state index contributed by atoms with van der Waals surface area (Å²) in [6, 6.07) is 17.6. The second kappa shape index (κ2) is 10.1. The average Bonchev–Trinajstić information content (AvgIpc) is 3.32. The molecular weight excluding hydrogens is 422 g/mol. The van der Waals surface area contributed by atoms with Crippen molar-refractivity contribution in [3.05, 3.63) is 95.6 Å². The first kappa shape index (κ1) is 23.6. The van der Waals surface area contributed by atoms with E-state index in [2.05, 4.69) is 44.5 Å². The smallest absolute Gasteiger partial charge is 0.237 e. The Morgan fingerprint density at radius 3 is 2.26 bits per heavy atom. The van der Waals surface area contributed by atoms with Gasteiger partial charge in [0.15, 0.2) is 0 Å². The standard InChI is InChI=1S/C28H31N5O/c1-28(2,3)32-27(34)24-12-7-15-33(24)26(21-9-4-8-20(16-21)17-29)25(22-10-5-13-30-18-22)23-11-6-14-31-19-23/h4-6,8-11,13-14,16,18-19,24-26H,7,12,15H2,1-3H3,(H,32,34). The van der Waals surface area contributed by atoms with Crippen molar-refractivity contribution < 1.29 is 4.79 Å². The first-order valence-corrected chi connectivity index (χ1v) is 11.7. The molecule has 1 N–H and O–H groups in total. The van der Waals surface area contributed by atoms with Gasteiger partial charge in [-0.3, -0.25) is 19.7 Å². The lowest BCUT2D eigenvalue weighted by molar-refractivity contribution is -0.127. The molecule has 3 aromatic rings. The van der Waals surface area contributed by atoms with E-state index in [1.54, 1.807) is 12.4 Å². The number of hydrogen-bond acceptors (Lipinski definition) is 5. The van der Waals surface area contributed by atoms with Gasteiger partial charge in [-0.2, -0.15) is 5.26 Å². The molecule has 4 rings (SSSR count). The Morgan fingerprint density at radius 1 is 1.06 bits per heavy atom. The average molecular weight is 454 g/mol. The number of carbonyl (C=O) groups excluding carboxylic acids is 1. The van der Waals surface area contributed by atoms with E-state index in [9.17, 15) is 10.1 Å². The molecule has 6 heteroatoms. The number of nitrogens with zero attached hydrogens (tertiary/aromatic N) is 4. The molecule has 6 nitrogen and oxygen atoms in total. The molecule has 2 unspecified atom stereocenters. The maximum absolute atomic E-state index is 13.4. The van der Waals surface area contributed by atoms with Gasteiger partial charge in [0.1, 0.15) is 0 Å². The van der Waals surface area contributed by atoms with Crippen LogP contribution < -0.4 is 5.32 Å². The fourth-order valence-corrected chi connectivity index (χ4v) is 4.90. The van der Waals surface area contributed by atoms with Crippen LogP contribution in [0.4, 0.5) is 0 Å². The number of carbonyl (C=O) groups is 1. The summed E-state index contributed by atoms with van der Waals surface area (Å²) in [6.07, 6.45) is 9.04. The number of benzene rings is 1. The van der Waals surface area contributed by atoms with Crippen LogP contribution in [0.3, 0.4) is 0 Å². The Kier molecular flexibility index (Phi) is 7.04. The SMILES string of the molecule is CC(C)(C)NC(=O)C1CCCN1C(c1cccc(C#N)c1)C(c1cccnc1)c1cccnc1. The topological polar surface area (TPSA) is 81.9 Å². The minimum Gasteiger partial charge on any atom is -0.350 e. The molecule has 3 heterocycles. The van der Waals surface area contributed by atoms with Crippen LogP contribution in [0.15, 0.2) is 73.3 Å². The van der Waals surface area contributed by atoms with Crippen LogP contribution in [0.5, 0.6) is 0 Å². The molecule has 1 saturated heterocycles. The van der Waals surface area contributed by atoms with Crippen molar-refractivity contribution in [2.45, 2.75) is 57.2 Å². The summed E-state index contributed by atoms with van der Waals surface area (Å²) in [7, 11) is 0. The van der Waals surface area contributed by atoms with Crippen LogP contribution in [0, 0.1) is 11.3 Å². The lowest BCUT2D eigenvalue weighted by atomic mass is 9.81. The third-order valence-corrected chi connectivity index (χ3v) is 6.21. The summed E-state index contributed by atoms with van der Waals surface area (Å²) in [5.41, 5.74) is 3.39. The number of amides is 1. The molecular formula is C28H31N5O. The molecule has 1 aromatic carbocycles. The van der Waals surface area contributed by atoms with Gasteiger partial charge in [-0.1, -0.05) is 24.3 Å². The molecule has 1 amide bonds. The second-order valence-electron chi connectivity index (χ2n) is 9.87. The van der Waals surface area contributed by atoms with Crippen molar-refractivity contribution in [3.8, 4) is 6.07 Å². The molecule has 0 saturated carbocycles. The minimum atomic E-state index is -0.312. The van der Waals surface area contributed by atoms with Gasteiger partial charge >= 0.3 is 0 Å². The quantitative estimate of drug-likeness (QED) is 0.590. The molecule has 174 valence electrons. The monoisotopic (exact) mass is 453 g/mol. The summed E-state index contributed by atoms with van der Waals surface area (Å²) in [4.78, 5) is 24.5. The molecule has 1 fully saturated rings. The zero-order valence-electron chi connectivity index (χ0n) is 20.0. The van der Waals surface area contributed by atoms with Gasteiger partial charge in [-0.05, 0) is 81.1 Å². The first-order chi connectivity index (χ1) is 16.4. The van der Waals surface area contributed by atoms with Crippen molar-refractivity contribution in [2.75, 3.05) is 6.54 Å². The van der Waals surface area contributed by atoms with Crippen LogP contribution >= 0.6 is 0 Å². The van der Waals surface area contributed by atoms with Gasteiger partial charge in [-0.25, -0.2) is 0 Å². The molecule has 2 aromatic heterocycles.